The molecule has 7 heteroatoms. The van der Waals surface area contributed by atoms with Crippen molar-refractivity contribution >= 4 is 18.3 Å². The van der Waals surface area contributed by atoms with Crippen molar-refractivity contribution in [2.75, 3.05) is 46.6 Å². The van der Waals surface area contributed by atoms with Gasteiger partial charge in [-0.2, -0.15) is 0 Å². The van der Waals surface area contributed by atoms with Crippen LogP contribution in [0, 0.1) is 0 Å². The molecule has 2 heterocycles. The molecule has 3 rings (SSSR count). The molecular weight excluding hydrogens is 356 g/mol. The summed E-state index contributed by atoms with van der Waals surface area (Å²) in [4.78, 5) is 14.7. The summed E-state index contributed by atoms with van der Waals surface area (Å²) < 4.78 is 16.7. The molecule has 1 atom stereocenters. The molecule has 0 aromatic heterocycles. The Morgan fingerprint density at radius 1 is 1.31 bits per heavy atom. The molecular formula is C19H29ClN2O4. The first kappa shape index (κ1) is 21.0. The van der Waals surface area contributed by atoms with Crippen molar-refractivity contribution in [3.8, 4) is 5.75 Å². The number of piperazine rings is 1. The second kappa shape index (κ2) is 10.7. The lowest BCUT2D eigenvalue weighted by Crippen LogP contribution is -2.49. The molecule has 2 aliphatic rings. The number of hydrogen-bond donors (Lipinski definition) is 1. The average Bonchev–Trinajstić information content (AvgIpc) is 2.68. The highest BCUT2D eigenvalue weighted by atomic mass is 35.5. The maximum absolute atomic E-state index is 12.8. The lowest BCUT2D eigenvalue weighted by molar-refractivity contribution is -0.136. The van der Waals surface area contributed by atoms with Crippen molar-refractivity contribution in [2.24, 2.45) is 0 Å². The minimum atomic E-state index is 0. The monoisotopic (exact) mass is 384 g/mol. The van der Waals surface area contributed by atoms with Crippen LogP contribution in [0.3, 0.4) is 0 Å². The van der Waals surface area contributed by atoms with E-state index in [-0.39, 0.29) is 30.5 Å². The number of nitrogens with zero attached hydrogens (tertiary/aromatic N) is 1. The van der Waals surface area contributed by atoms with Crippen LogP contribution in [-0.2, 0) is 14.3 Å². The number of nitrogens with one attached hydrogen (secondary N) is 1. The second-order valence-electron chi connectivity index (χ2n) is 6.48. The predicted octanol–water partition coefficient (Wildman–Crippen LogP) is 2.18. The molecule has 1 N–H and O–H groups in total. The molecule has 2 fully saturated rings. The Hall–Kier alpha value is -1.34. The summed E-state index contributed by atoms with van der Waals surface area (Å²) in [7, 11) is 1.67. The van der Waals surface area contributed by atoms with E-state index in [0.717, 1.165) is 50.5 Å². The van der Waals surface area contributed by atoms with E-state index < -0.39 is 0 Å². The molecule has 1 amide bonds. The van der Waals surface area contributed by atoms with Crippen LogP contribution in [0.2, 0.25) is 0 Å². The van der Waals surface area contributed by atoms with Crippen LogP contribution in [0.4, 0.5) is 0 Å². The number of para-hydroxylation sites is 1. The number of methoxy groups -OCH3 is 1. The minimum Gasteiger partial charge on any atom is -0.496 e. The van der Waals surface area contributed by atoms with Crippen molar-refractivity contribution < 1.29 is 19.0 Å². The highest BCUT2D eigenvalue weighted by Gasteiger charge is 2.29. The Kier molecular flexibility index (Phi) is 8.65. The third-order valence-electron chi connectivity index (χ3n) is 4.90. The number of benzene rings is 1. The molecule has 146 valence electrons. The van der Waals surface area contributed by atoms with E-state index in [0.29, 0.717) is 19.6 Å². The summed E-state index contributed by atoms with van der Waals surface area (Å²) in [6, 6.07) is 7.92. The van der Waals surface area contributed by atoms with Crippen molar-refractivity contribution in [3.05, 3.63) is 29.8 Å². The lowest BCUT2D eigenvalue weighted by Gasteiger charge is -2.37. The maximum atomic E-state index is 12.8. The normalized spacial score (nSPS) is 21.1. The molecule has 0 saturated carbocycles. The van der Waals surface area contributed by atoms with Gasteiger partial charge in [-0.05, 0) is 18.9 Å². The summed E-state index contributed by atoms with van der Waals surface area (Å²) in [6.07, 6.45) is 2.50. The zero-order chi connectivity index (χ0) is 17.5. The quantitative estimate of drug-likeness (QED) is 0.814. The first-order chi connectivity index (χ1) is 12.3. The van der Waals surface area contributed by atoms with Gasteiger partial charge in [0.25, 0.3) is 0 Å². The average molecular weight is 385 g/mol. The summed E-state index contributed by atoms with van der Waals surface area (Å²) in [5, 5.41) is 3.38. The largest absolute Gasteiger partial charge is 0.496 e. The Balaban J connectivity index is 0.00000243. The number of carbonyl (C=O) groups excluding carboxylic acids is 1. The van der Waals surface area contributed by atoms with E-state index >= 15 is 0 Å². The number of rotatable bonds is 6. The Labute approximate surface area is 161 Å². The van der Waals surface area contributed by atoms with E-state index in [1.165, 1.54) is 0 Å². The van der Waals surface area contributed by atoms with E-state index in [1.807, 2.05) is 29.2 Å². The van der Waals surface area contributed by atoms with Crippen LogP contribution in [-0.4, -0.2) is 63.5 Å². The molecule has 0 aliphatic carbocycles. The first-order valence-electron chi connectivity index (χ1n) is 9.12. The van der Waals surface area contributed by atoms with Crippen LogP contribution in [0.25, 0.3) is 0 Å². The van der Waals surface area contributed by atoms with Crippen molar-refractivity contribution in [2.45, 2.75) is 31.4 Å². The Morgan fingerprint density at radius 2 is 2.08 bits per heavy atom. The SMILES string of the molecule is COc1ccccc1C1CNCCN1C(=O)CCOC1CCOCC1.Cl. The van der Waals surface area contributed by atoms with Crippen molar-refractivity contribution in [3.63, 3.8) is 0 Å². The van der Waals surface area contributed by atoms with Gasteiger partial charge in [0.15, 0.2) is 0 Å². The zero-order valence-electron chi connectivity index (χ0n) is 15.3. The number of amides is 1. The van der Waals surface area contributed by atoms with Gasteiger partial charge in [-0.25, -0.2) is 0 Å². The molecule has 2 aliphatic heterocycles. The minimum absolute atomic E-state index is 0. The molecule has 0 radical (unpaired) electrons. The topological polar surface area (TPSA) is 60.0 Å². The van der Waals surface area contributed by atoms with Crippen LogP contribution >= 0.6 is 12.4 Å². The third-order valence-corrected chi connectivity index (χ3v) is 4.90. The van der Waals surface area contributed by atoms with E-state index in [4.69, 9.17) is 14.2 Å². The second-order valence-corrected chi connectivity index (χ2v) is 6.48. The van der Waals surface area contributed by atoms with Gasteiger partial charge in [0, 0.05) is 38.4 Å². The molecule has 2 saturated heterocycles. The predicted molar refractivity (Wildman–Crippen MR) is 102 cm³/mol. The van der Waals surface area contributed by atoms with E-state index in [2.05, 4.69) is 5.32 Å². The van der Waals surface area contributed by atoms with Gasteiger partial charge < -0.3 is 24.4 Å². The Bertz CT molecular complexity index is 566. The summed E-state index contributed by atoms with van der Waals surface area (Å²) in [5.74, 6) is 0.969. The van der Waals surface area contributed by atoms with E-state index in [9.17, 15) is 4.79 Å². The van der Waals surface area contributed by atoms with Gasteiger partial charge in [0.1, 0.15) is 5.75 Å². The number of hydrogen-bond acceptors (Lipinski definition) is 5. The van der Waals surface area contributed by atoms with Crippen LogP contribution in [0.1, 0.15) is 30.9 Å². The third kappa shape index (κ3) is 5.33. The van der Waals surface area contributed by atoms with Crippen molar-refractivity contribution in [1.29, 1.82) is 0 Å². The fourth-order valence-electron chi connectivity index (χ4n) is 3.52. The van der Waals surface area contributed by atoms with Gasteiger partial charge in [0.2, 0.25) is 5.91 Å². The molecule has 0 spiro atoms. The highest BCUT2D eigenvalue weighted by Crippen LogP contribution is 2.30. The number of ether oxygens (including phenoxy) is 3. The molecule has 26 heavy (non-hydrogen) atoms. The van der Waals surface area contributed by atoms with Gasteiger partial charge in [0.05, 0.1) is 32.3 Å². The highest BCUT2D eigenvalue weighted by molar-refractivity contribution is 5.85. The molecule has 0 bridgehead atoms. The van der Waals surface area contributed by atoms with Crippen LogP contribution < -0.4 is 10.1 Å². The van der Waals surface area contributed by atoms with E-state index in [1.54, 1.807) is 7.11 Å². The van der Waals surface area contributed by atoms with Gasteiger partial charge in [-0.1, -0.05) is 18.2 Å². The van der Waals surface area contributed by atoms with Crippen LogP contribution in [0.5, 0.6) is 5.75 Å². The van der Waals surface area contributed by atoms with Crippen LogP contribution in [0.15, 0.2) is 24.3 Å². The zero-order valence-corrected chi connectivity index (χ0v) is 16.1. The smallest absolute Gasteiger partial charge is 0.225 e. The summed E-state index contributed by atoms with van der Waals surface area (Å²) >= 11 is 0. The lowest BCUT2D eigenvalue weighted by atomic mass is 10.0. The van der Waals surface area contributed by atoms with Gasteiger partial charge in [-0.3, -0.25) is 4.79 Å². The number of halogens is 1. The Morgan fingerprint density at radius 3 is 2.85 bits per heavy atom. The fraction of sp³-hybridized carbons (Fsp3) is 0.632. The standard InChI is InChI=1S/C19H28N2O4.ClH/c1-23-18-5-3-2-4-16(18)17-14-20-9-10-21(17)19(22)8-13-25-15-6-11-24-12-7-15;/h2-5,15,17,20H,6-14H2,1H3;1H. The van der Waals surface area contributed by atoms with Gasteiger partial charge in [-0.15, -0.1) is 12.4 Å². The summed E-state index contributed by atoms with van der Waals surface area (Å²) in [5.41, 5.74) is 1.05. The molecule has 1 aromatic rings. The fourth-order valence-corrected chi connectivity index (χ4v) is 3.52. The van der Waals surface area contributed by atoms with Crippen molar-refractivity contribution in [1.82, 2.24) is 10.2 Å². The first-order valence-corrected chi connectivity index (χ1v) is 9.12. The molecule has 1 aromatic carbocycles. The number of carbonyl (C=O) groups is 1. The molecule has 1 unspecified atom stereocenters. The van der Waals surface area contributed by atoms with Gasteiger partial charge >= 0.3 is 0 Å². The summed E-state index contributed by atoms with van der Waals surface area (Å²) in [6.45, 7) is 4.26. The maximum Gasteiger partial charge on any atom is 0.225 e. The molecule has 6 nitrogen and oxygen atoms in total.